The molecule has 12 heavy (non-hydrogen) atoms. The molecular formula is C8H16N2O2. The van der Waals surface area contributed by atoms with Crippen LogP contribution in [0.1, 0.15) is 6.42 Å². The molecule has 1 heterocycles. The summed E-state index contributed by atoms with van der Waals surface area (Å²) in [6.45, 7) is 1.86. The lowest BCUT2D eigenvalue weighted by molar-refractivity contribution is -0.172. The maximum Gasteiger partial charge on any atom is 0.250 e. The van der Waals surface area contributed by atoms with Crippen molar-refractivity contribution in [2.45, 2.75) is 6.42 Å². The highest BCUT2D eigenvalue weighted by Gasteiger charge is 2.28. The summed E-state index contributed by atoms with van der Waals surface area (Å²) >= 11 is 0. The number of amides is 1. The molecule has 0 aromatic heterocycles. The third-order valence-electron chi connectivity index (χ3n) is 2.32. The number of carbonyl (C=O) groups excluding carboxylic acids is 1. The highest BCUT2D eigenvalue weighted by molar-refractivity contribution is 5.78. The van der Waals surface area contributed by atoms with Gasteiger partial charge in [0.1, 0.15) is 0 Å². The monoisotopic (exact) mass is 172 g/mol. The Morgan fingerprint density at radius 2 is 2.33 bits per heavy atom. The van der Waals surface area contributed by atoms with Crippen molar-refractivity contribution >= 4 is 5.91 Å². The first-order valence-corrected chi connectivity index (χ1v) is 4.15. The maximum atomic E-state index is 11.5. The number of nitrogens with zero attached hydrogens (tertiary/aromatic N) is 2. The first-order valence-electron chi connectivity index (χ1n) is 4.15. The fraction of sp³-hybridized carbons (Fsp3) is 0.875. The standard InChI is InChI=1S/C8H16N2O2/c1-9-5-4-7(6-9)8(11)10(2)12-3/h7H,4-6H2,1-3H3. The third-order valence-corrected chi connectivity index (χ3v) is 2.32. The Balaban J connectivity index is 2.43. The minimum atomic E-state index is 0.0850. The van der Waals surface area contributed by atoms with Crippen molar-refractivity contribution in [3.63, 3.8) is 0 Å². The largest absolute Gasteiger partial charge is 0.306 e. The Morgan fingerprint density at radius 1 is 1.67 bits per heavy atom. The zero-order valence-corrected chi connectivity index (χ0v) is 7.91. The smallest absolute Gasteiger partial charge is 0.250 e. The van der Waals surface area contributed by atoms with Crippen LogP contribution >= 0.6 is 0 Å². The summed E-state index contributed by atoms with van der Waals surface area (Å²) in [6, 6.07) is 0. The molecule has 0 N–H and O–H groups in total. The number of likely N-dealkylation sites (tertiary alicyclic amines) is 1. The summed E-state index contributed by atoms with van der Waals surface area (Å²) in [5.74, 6) is 0.210. The van der Waals surface area contributed by atoms with Gasteiger partial charge in [-0.2, -0.15) is 0 Å². The molecule has 0 bridgehead atoms. The van der Waals surface area contributed by atoms with Crippen LogP contribution in [0, 0.1) is 5.92 Å². The molecule has 1 fully saturated rings. The molecule has 1 amide bonds. The van der Waals surface area contributed by atoms with E-state index in [2.05, 4.69) is 4.90 Å². The van der Waals surface area contributed by atoms with Crippen LogP contribution in [0.5, 0.6) is 0 Å². The summed E-state index contributed by atoms with van der Waals surface area (Å²) in [6.07, 6.45) is 0.947. The Hall–Kier alpha value is -0.610. The van der Waals surface area contributed by atoms with Crippen LogP contribution < -0.4 is 0 Å². The van der Waals surface area contributed by atoms with E-state index >= 15 is 0 Å². The summed E-state index contributed by atoms with van der Waals surface area (Å²) in [4.78, 5) is 18.5. The van der Waals surface area contributed by atoms with Gasteiger partial charge in [-0.3, -0.25) is 9.63 Å². The number of carbonyl (C=O) groups is 1. The van der Waals surface area contributed by atoms with E-state index < -0.39 is 0 Å². The van der Waals surface area contributed by atoms with E-state index in [9.17, 15) is 4.79 Å². The van der Waals surface area contributed by atoms with Gasteiger partial charge < -0.3 is 4.90 Å². The van der Waals surface area contributed by atoms with Gasteiger partial charge in [0.2, 0.25) is 5.91 Å². The SMILES string of the molecule is CON(C)C(=O)C1CCN(C)C1. The summed E-state index contributed by atoms with van der Waals surface area (Å²) in [7, 11) is 5.19. The molecule has 1 aliphatic heterocycles. The van der Waals surface area contributed by atoms with Crippen molar-refractivity contribution in [2.24, 2.45) is 5.92 Å². The predicted molar refractivity (Wildman–Crippen MR) is 45.4 cm³/mol. The fourth-order valence-electron chi connectivity index (χ4n) is 1.48. The molecule has 0 radical (unpaired) electrons. The van der Waals surface area contributed by atoms with Crippen molar-refractivity contribution < 1.29 is 9.63 Å². The minimum Gasteiger partial charge on any atom is -0.306 e. The Morgan fingerprint density at radius 3 is 2.75 bits per heavy atom. The molecule has 4 nitrogen and oxygen atoms in total. The number of rotatable bonds is 2. The molecule has 0 spiro atoms. The van der Waals surface area contributed by atoms with Crippen molar-refractivity contribution in [1.82, 2.24) is 9.96 Å². The lowest BCUT2D eigenvalue weighted by Crippen LogP contribution is -2.33. The topological polar surface area (TPSA) is 32.8 Å². The van der Waals surface area contributed by atoms with Crippen molar-refractivity contribution in [3.05, 3.63) is 0 Å². The van der Waals surface area contributed by atoms with Gasteiger partial charge >= 0.3 is 0 Å². The zero-order valence-electron chi connectivity index (χ0n) is 7.91. The molecule has 0 aliphatic carbocycles. The van der Waals surface area contributed by atoms with Crippen molar-refractivity contribution in [1.29, 1.82) is 0 Å². The molecule has 70 valence electrons. The van der Waals surface area contributed by atoms with Gasteiger partial charge in [0, 0.05) is 13.6 Å². The molecule has 0 aromatic carbocycles. The maximum absolute atomic E-state index is 11.5. The Bertz CT molecular complexity index is 172. The Kier molecular flexibility index (Phi) is 3.05. The molecule has 0 saturated carbocycles. The zero-order chi connectivity index (χ0) is 9.14. The van der Waals surface area contributed by atoms with E-state index in [4.69, 9.17) is 4.84 Å². The van der Waals surface area contributed by atoms with Gasteiger partial charge in [-0.25, -0.2) is 5.06 Å². The molecule has 1 atom stereocenters. The van der Waals surface area contributed by atoms with E-state index in [0.717, 1.165) is 19.5 Å². The van der Waals surface area contributed by atoms with Crippen molar-refractivity contribution in [2.75, 3.05) is 34.3 Å². The highest BCUT2D eigenvalue weighted by Crippen LogP contribution is 2.16. The summed E-state index contributed by atoms with van der Waals surface area (Å²) in [5.41, 5.74) is 0. The van der Waals surface area contributed by atoms with Crippen LogP contribution in [0.25, 0.3) is 0 Å². The average molecular weight is 172 g/mol. The molecule has 1 rings (SSSR count). The van der Waals surface area contributed by atoms with Gasteiger partial charge in [-0.1, -0.05) is 0 Å². The van der Waals surface area contributed by atoms with Gasteiger partial charge in [0.05, 0.1) is 13.0 Å². The second-order valence-corrected chi connectivity index (χ2v) is 3.27. The van der Waals surface area contributed by atoms with E-state index in [1.165, 1.54) is 12.2 Å². The lowest BCUT2D eigenvalue weighted by Gasteiger charge is -2.17. The fourth-order valence-corrected chi connectivity index (χ4v) is 1.48. The van der Waals surface area contributed by atoms with E-state index in [0.29, 0.717) is 0 Å². The highest BCUT2D eigenvalue weighted by atomic mass is 16.7. The molecule has 0 aromatic rings. The average Bonchev–Trinajstić information content (AvgIpc) is 2.49. The van der Waals surface area contributed by atoms with E-state index in [-0.39, 0.29) is 11.8 Å². The van der Waals surface area contributed by atoms with Crippen LogP contribution in [0.15, 0.2) is 0 Å². The summed E-state index contributed by atoms with van der Waals surface area (Å²) in [5, 5.41) is 1.31. The molecular weight excluding hydrogens is 156 g/mol. The Labute approximate surface area is 73.0 Å². The number of hydrogen-bond donors (Lipinski definition) is 0. The quantitative estimate of drug-likeness (QED) is 0.548. The van der Waals surface area contributed by atoms with E-state index in [1.54, 1.807) is 7.05 Å². The summed E-state index contributed by atoms with van der Waals surface area (Å²) < 4.78 is 0. The van der Waals surface area contributed by atoms with Crippen molar-refractivity contribution in [3.8, 4) is 0 Å². The third kappa shape index (κ3) is 1.95. The van der Waals surface area contributed by atoms with Gasteiger partial charge in [0.25, 0.3) is 0 Å². The lowest BCUT2D eigenvalue weighted by atomic mass is 10.1. The molecule has 1 unspecified atom stereocenters. The number of hydroxylamine groups is 2. The van der Waals surface area contributed by atoms with Crippen LogP contribution in [0.4, 0.5) is 0 Å². The van der Waals surface area contributed by atoms with Crippen LogP contribution in [-0.2, 0) is 9.63 Å². The second kappa shape index (κ2) is 3.87. The first-order chi connectivity index (χ1) is 5.65. The first kappa shape index (κ1) is 9.48. The molecule has 1 saturated heterocycles. The number of hydrogen-bond acceptors (Lipinski definition) is 3. The minimum absolute atomic E-state index is 0.0850. The molecule has 1 aliphatic rings. The normalized spacial score (nSPS) is 24.4. The molecule has 4 heteroatoms. The van der Waals surface area contributed by atoms with Crippen LogP contribution in [0.3, 0.4) is 0 Å². The van der Waals surface area contributed by atoms with Crippen LogP contribution in [0.2, 0.25) is 0 Å². The van der Waals surface area contributed by atoms with Gasteiger partial charge in [-0.15, -0.1) is 0 Å². The van der Waals surface area contributed by atoms with Gasteiger partial charge in [-0.05, 0) is 20.0 Å². The van der Waals surface area contributed by atoms with Crippen LogP contribution in [-0.4, -0.2) is 50.2 Å². The van der Waals surface area contributed by atoms with E-state index in [1.807, 2.05) is 7.05 Å². The predicted octanol–water partition coefficient (Wildman–Crippen LogP) is -0.0421. The second-order valence-electron chi connectivity index (χ2n) is 3.27. The van der Waals surface area contributed by atoms with Gasteiger partial charge in [0.15, 0.2) is 0 Å².